The maximum Gasteiger partial charge on any atom is 0.227 e. The molecule has 1 fully saturated rings. The van der Waals surface area contributed by atoms with Crippen LogP contribution in [-0.4, -0.2) is 38.1 Å². The van der Waals surface area contributed by atoms with Gasteiger partial charge in [-0.25, -0.2) is 0 Å². The summed E-state index contributed by atoms with van der Waals surface area (Å²) in [5.41, 5.74) is 1.92. The predicted octanol–water partition coefficient (Wildman–Crippen LogP) is 3.21. The van der Waals surface area contributed by atoms with Crippen LogP contribution in [0.4, 0.5) is 5.69 Å². The Bertz CT molecular complexity index is 900. The first kappa shape index (κ1) is 19.6. The van der Waals surface area contributed by atoms with Crippen LogP contribution in [0.25, 0.3) is 0 Å². The molecule has 2 aliphatic heterocycles. The van der Waals surface area contributed by atoms with E-state index in [9.17, 15) is 9.59 Å². The molecule has 2 aliphatic rings. The molecule has 0 aromatic heterocycles. The van der Waals surface area contributed by atoms with Crippen molar-refractivity contribution in [2.45, 2.75) is 19.3 Å². The number of halogens is 1. The number of rotatable bonds is 6. The molecule has 4 rings (SSSR count). The molecule has 0 radical (unpaired) electrons. The topological polar surface area (TPSA) is 67.9 Å². The second-order valence-electron chi connectivity index (χ2n) is 7.25. The quantitative estimate of drug-likeness (QED) is 0.737. The number of hydrogen-bond acceptors (Lipinski definition) is 4. The molecule has 0 spiro atoms. The molecule has 1 saturated heterocycles. The van der Waals surface area contributed by atoms with Gasteiger partial charge in [-0.3, -0.25) is 9.59 Å². The molecular weight excluding hydrogens is 392 g/mol. The van der Waals surface area contributed by atoms with Crippen molar-refractivity contribution >= 4 is 29.1 Å². The van der Waals surface area contributed by atoms with E-state index in [0.717, 1.165) is 23.6 Å². The van der Waals surface area contributed by atoms with E-state index >= 15 is 0 Å². The number of amides is 2. The first-order valence-corrected chi connectivity index (χ1v) is 10.2. The monoisotopic (exact) mass is 414 g/mol. The lowest BCUT2D eigenvalue weighted by atomic mass is 10.1. The minimum Gasteiger partial charge on any atom is -0.486 e. The lowest BCUT2D eigenvalue weighted by Gasteiger charge is -2.22. The maximum atomic E-state index is 12.5. The van der Waals surface area contributed by atoms with Crippen molar-refractivity contribution in [3.05, 3.63) is 53.1 Å². The predicted molar refractivity (Wildman–Crippen MR) is 111 cm³/mol. The zero-order valence-electron chi connectivity index (χ0n) is 16.0. The van der Waals surface area contributed by atoms with Gasteiger partial charge in [0.25, 0.3) is 0 Å². The molecule has 29 heavy (non-hydrogen) atoms. The summed E-state index contributed by atoms with van der Waals surface area (Å²) in [7, 11) is 0. The third-order valence-corrected chi connectivity index (χ3v) is 5.44. The highest BCUT2D eigenvalue weighted by Gasteiger charge is 2.35. The fraction of sp³-hybridized carbons (Fsp3) is 0.364. The van der Waals surface area contributed by atoms with Crippen LogP contribution >= 0.6 is 11.6 Å². The average Bonchev–Trinajstić information content (AvgIpc) is 3.14. The van der Waals surface area contributed by atoms with E-state index < -0.39 is 0 Å². The van der Waals surface area contributed by atoms with Crippen LogP contribution in [0.1, 0.15) is 18.4 Å². The Morgan fingerprint density at radius 2 is 1.86 bits per heavy atom. The van der Waals surface area contributed by atoms with Crippen molar-refractivity contribution in [2.75, 3.05) is 31.2 Å². The Morgan fingerprint density at radius 3 is 2.66 bits per heavy atom. The van der Waals surface area contributed by atoms with Crippen LogP contribution in [0.15, 0.2) is 42.5 Å². The Morgan fingerprint density at radius 1 is 1.10 bits per heavy atom. The fourth-order valence-electron chi connectivity index (χ4n) is 3.63. The number of carbonyl (C=O) groups is 2. The number of fused-ring (bicyclic) bond motifs is 1. The third-order valence-electron chi connectivity index (χ3n) is 5.19. The summed E-state index contributed by atoms with van der Waals surface area (Å²) in [4.78, 5) is 26.6. The Kier molecular flexibility index (Phi) is 5.90. The van der Waals surface area contributed by atoms with Gasteiger partial charge in [0.05, 0.1) is 5.92 Å². The smallest absolute Gasteiger partial charge is 0.227 e. The first-order chi connectivity index (χ1) is 14.1. The summed E-state index contributed by atoms with van der Waals surface area (Å²) in [6.45, 7) is 1.97. The van der Waals surface area contributed by atoms with E-state index in [1.54, 1.807) is 17.0 Å². The fourth-order valence-corrected chi connectivity index (χ4v) is 3.76. The summed E-state index contributed by atoms with van der Waals surface area (Å²) in [5, 5.41) is 3.68. The Hall–Kier alpha value is -2.73. The molecule has 7 heteroatoms. The van der Waals surface area contributed by atoms with Gasteiger partial charge in [-0.15, -0.1) is 0 Å². The second kappa shape index (κ2) is 8.74. The SMILES string of the molecule is O=C(NCCCc1ccc(Cl)cc1)C1CC(=O)N(c2ccc3c(c2)OCCO3)C1. The Labute approximate surface area is 174 Å². The number of anilines is 1. The van der Waals surface area contributed by atoms with Crippen LogP contribution in [-0.2, 0) is 16.0 Å². The molecule has 0 bridgehead atoms. The van der Waals surface area contributed by atoms with Gasteiger partial charge in [-0.2, -0.15) is 0 Å². The number of carbonyl (C=O) groups excluding carboxylic acids is 2. The van der Waals surface area contributed by atoms with Crippen molar-refractivity contribution in [3.63, 3.8) is 0 Å². The maximum absolute atomic E-state index is 12.5. The van der Waals surface area contributed by atoms with E-state index in [0.29, 0.717) is 37.8 Å². The molecule has 1 N–H and O–H groups in total. The lowest BCUT2D eigenvalue weighted by molar-refractivity contribution is -0.126. The third kappa shape index (κ3) is 4.65. The highest BCUT2D eigenvalue weighted by molar-refractivity contribution is 6.30. The van der Waals surface area contributed by atoms with Gasteiger partial charge in [0.15, 0.2) is 11.5 Å². The molecule has 6 nitrogen and oxygen atoms in total. The van der Waals surface area contributed by atoms with Gasteiger partial charge < -0.3 is 19.7 Å². The van der Waals surface area contributed by atoms with E-state index in [-0.39, 0.29) is 24.2 Å². The minimum absolute atomic E-state index is 0.0528. The average molecular weight is 415 g/mol. The molecule has 0 saturated carbocycles. The van der Waals surface area contributed by atoms with Gasteiger partial charge in [-0.1, -0.05) is 23.7 Å². The molecule has 0 aliphatic carbocycles. The van der Waals surface area contributed by atoms with Crippen LogP contribution in [0.2, 0.25) is 5.02 Å². The number of hydrogen-bond donors (Lipinski definition) is 1. The van der Waals surface area contributed by atoms with Crippen LogP contribution < -0.4 is 19.7 Å². The first-order valence-electron chi connectivity index (χ1n) is 9.82. The summed E-state index contributed by atoms with van der Waals surface area (Å²) in [5.74, 6) is 0.849. The van der Waals surface area contributed by atoms with Crippen LogP contribution in [0.3, 0.4) is 0 Å². The number of benzene rings is 2. The van der Waals surface area contributed by atoms with E-state index in [4.69, 9.17) is 21.1 Å². The summed E-state index contributed by atoms with van der Waals surface area (Å²) in [6.07, 6.45) is 1.92. The Balaban J connectivity index is 1.28. The van der Waals surface area contributed by atoms with Gasteiger partial charge in [0, 0.05) is 36.3 Å². The molecule has 2 amide bonds. The summed E-state index contributed by atoms with van der Waals surface area (Å²) in [6, 6.07) is 13.2. The number of ether oxygens (including phenoxy) is 2. The zero-order valence-corrected chi connectivity index (χ0v) is 16.8. The standard InChI is InChI=1S/C22H23ClN2O4/c23-17-5-3-15(4-6-17)2-1-9-24-22(27)16-12-21(26)25(14-16)18-7-8-19-20(13-18)29-11-10-28-19/h3-8,13,16H,1-2,9-12,14H2,(H,24,27). The number of nitrogens with one attached hydrogen (secondary N) is 1. The van der Waals surface area contributed by atoms with Gasteiger partial charge >= 0.3 is 0 Å². The number of aryl methyl sites for hydroxylation is 1. The van der Waals surface area contributed by atoms with Crippen molar-refractivity contribution in [1.29, 1.82) is 0 Å². The molecule has 1 unspecified atom stereocenters. The minimum atomic E-state index is -0.341. The summed E-state index contributed by atoms with van der Waals surface area (Å²) < 4.78 is 11.1. The molecule has 2 aromatic carbocycles. The van der Waals surface area contributed by atoms with Gasteiger partial charge in [0.2, 0.25) is 11.8 Å². The second-order valence-corrected chi connectivity index (χ2v) is 7.69. The molecule has 1 atom stereocenters. The van der Waals surface area contributed by atoms with Crippen molar-refractivity contribution in [1.82, 2.24) is 5.32 Å². The normalized spacial score (nSPS) is 18.0. The molecule has 2 heterocycles. The van der Waals surface area contributed by atoms with Crippen molar-refractivity contribution < 1.29 is 19.1 Å². The van der Waals surface area contributed by atoms with Crippen LogP contribution in [0, 0.1) is 5.92 Å². The largest absolute Gasteiger partial charge is 0.486 e. The van der Waals surface area contributed by atoms with E-state index in [2.05, 4.69) is 5.32 Å². The summed E-state index contributed by atoms with van der Waals surface area (Å²) >= 11 is 5.89. The van der Waals surface area contributed by atoms with E-state index in [1.807, 2.05) is 30.3 Å². The van der Waals surface area contributed by atoms with Crippen molar-refractivity contribution in [2.24, 2.45) is 5.92 Å². The van der Waals surface area contributed by atoms with Crippen LogP contribution in [0.5, 0.6) is 11.5 Å². The van der Waals surface area contributed by atoms with Gasteiger partial charge in [-0.05, 0) is 42.7 Å². The highest BCUT2D eigenvalue weighted by Crippen LogP contribution is 2.35. The van der Waals surface area contributed by atoms with Gasteiger partial charge in [0.1, 0.15) is 13.2 Å². The number of nitrogens with zero attached hydrogens (tertiary/aromatic N) is 1. The van der Waals surface area contributed by atoms with Crippen molar-refractivity contribution in [3.8, 4) is 11.5 Å². The highest BCUT2D eigenvalue weighted by atomic mass is 35.5. The molecule has 152 valence electrons. The molecule has 2 aromatic rings. The van der Waals surface area contributed by atoms with E-state index in [1.165, 1.54) is 5.56 Å². The zero-order chi connectivity index (χ0) is 20.2. The lowest BCUT2D eigenvalue weighted by Crippen LogP contribution is -2.33. The molecular formula is C22H23ClN2O4.